The van der Waals surface area contributed by atoms with Crippen molar-refractivity contribution in [3.63, 3.8) is 0 Å². The van der Waals surface area contributed by atoms with Crippen molar-refractivity contribution < 1.29 is 0 Å². The molecule has 3 nitrogen and oxygen atoms in total. The molecule has 0 amide bonds. The molecule has 0 bridgehead atoms. The third kappa shape index (κ3) is 3.42. The van der Waals surface area contributed by atoms with Gasteiger partial charge in [-0.3, -0.25) is 4.79 Å². The number of fused-ring (bicyclic) bond motifs is 1. The number of benzene rings is 1. The number of pyridine rings is 1. The van der Waals surface area contributed by atoms with Crippen molar-refractivity contribution in [2.75, 3.05) is 5.73 Å². The van der Waals surface area contributed by atoms with Crippen LogP contribution in [0.3, 0.4) is 0 Å². The fourth-order valence-electron chi connectivity index (χ4n) is 1.21. The molecule has 2 aromatic rings. The Labute approximate surface area is 96.3 Å². The van der Waals surface area contributed by atoms with Crippen molar-refractivity contribution in [1.29, 1.82) is 0 Å². The third-order valence-corrected chi connectivity index (χ3v) is 1.80. The Hall–Kier alpha value is -1.77. The Morgan fingerprint density at radius 3 is 2.31 bits per heavy atom. The van der Waals surface area contributed by atoms with Gasteiger partial charge in [0.2, 0.25) is 0 Å². The Bertz CT molecular complexity index is 475. The van der Waals surface area contributed by atoms with Gasteiger partial charge >= 0.3 is 0 Å². The van der Waals surface area contributed by atoms with E-state index in [-0.39, 0.29) is 5.56 Å². The van der Waals surface area contributed by atoms with Crippen LogP contribution in [0.2, 0.25) is 0 Å². The molecule has 0 saturated heterocycles. The molecule has 3 N–H and O–H groups in total. The standard InChI is InChI=1S/C9H8N2O.2C2H6/c10-7-1-2-8-6(5-7)3-4-11-9(8)12;2*1-2/h1-5H,10H2,(H,11,12);2*1-2H3. The summed E-state index contributed by atoms with van der Waals surface area (Å²) in [6, 6.07) is 7.05. The van der Waals surface area contributed by atoms with Crippen LogP contribution in [0, 0.1) is 0 Å². The summed E-state index contributed by atoms with van der Waals surface area (Å²) in [5.41, 5.74) is 6.16. The van der Waals surface area contributed by atoms with Gasteiger partial charge in [-0.15, -0.1) is 0 Å². The molecule has 1 aromatic heterocycles. The molecule has 0 fully saturated rings. The fourth-order valence-corrected chi connectivity index (χ4v) is 1.21. The maximum atomic E-state index is 11.2. The number of nitrogen functional groups attached to an aromatic ring is 1. The van der Waals surface area contributed by atoms with Gasteiger partial charge in [0, 0.05) is 17.3 Å². The predicted molar refractivity (Wildman–Crippen MR) is 71.7 cm³/mol. The molecule has 1 aromatic carbocycles. The maximum absolute atomic E-state index is 11.2. The van der Waals surface area contributed by atoms with E-state index in [0.717, 1.165) is 5.39 Å². The molecule has 0 aliphatic rings. The Kier molecular flexibility index (Phi) is 6.68. The van der Waals surface area contributed by atoms with Crippen LogP contribution in [0.5, 0.6) is 0 Å². The van der Waals surface area contributed by atoms with Gasteiger partial charge in [0.05, 0.1) is 0 Å². The number of anilines is 1. The number of rotatable bonds is 0. The number of hydrogen-bond acceptors (Lipinski definition) is 2. The number of H-pyrrole nitrogens is 1. The molecule has 0 saturated carbocycles. The average Bonchev–Trinajstić information content (AvgIpc) is 2.34. The average molecular weight is 220 g/mol. The van der Waals surface area contributed by atoms with Gasteiger partial charge < -0.3 is 10.7 Å². The zero-order valence-corrected chi connectivity index (χ0v) is 10.4. The maximum Gasteiger partial charge on any atom is 0.255 e. The molecule has 3 heteroatoms. The van der Waals surface area contributed by atoms with Crippen LogP contribution in [0.1, 0.15) is 27.7 Å². The lowest BCUT2D eigenvalue weighted by Crippen LogP contribution is -2.04. The van der Waals surface area contributed by atoms with Crippen LogP contribution >= 0.6 is 0 Å². The van der Waals surface area contributed by atoms with E-state index in [2.05, 4.69) is 4.98 Å². The quantitative estimate of drug-likeness (QED) is 0.670. The molecule has 0 radical (unpaired) electrons. The number of hydrogen-bond donors (Lipinski definition) is 2. The van der Waals surface area contributed by atoms with Gasteiger partial charge in [-0.1, -0.05) is 27.7 Å². The minimum atomic E-state index is -0.0764. The van der Waals surface area contributed by atoms with Crippen LogP contribution in [-0.4, -0.2) is 4.98 Å². The van der Waals surface area contributed by atoms with E-state index in [0.29, 0.717) is 11.1 Å². The van der Waals surface area contributed by atoms with E-state index in [1.807, 2.05) is 33.8 Å². The van der Waals surface area contributed by atoms with E-state index in [1.165, 1.54) is 0 Å². The molecule has 0 atom stereocenters. The second kappa shape index (κ2) is 7.51. The van der Waals surface area contributed by atoms with Gasteiger partial charge in [0.15, 0.2) is 0 Å². The van der Waals surface area contributed by atoms with Crippen LogP contribution in [-0.2, 0) is 0 Å². The zero-order valence-electron chi connectivity index (χ0n) is 10.4. The lowest BCUT2D eigenvalue weighted by molar-refractivity contribution is 1.28. The van der Waals surface area contributed by atoms with Crippen LogP contribution < -0.4 is 11.3 Å². The highest BCUT2D eigenvalue weighted by Gasteiger charge is 1.95. The largest absolute Gasteiger partial charge is 0.399 e. The highest BCUT2D eigenvalue weighted by Crippen LogP contribution is 2.12. The van der Waals surface area contributed by atoms with E-state index < -0.39 is 0 Å². The second-order valence-electron chi connectivity index (χ2n) is 2.65. The van der Waals surface area contributed by atoms with Crippen molar-refractivity contribution in [3.05, 3.63) is 40.8 Å². The van der Waals surface area contributed by atoms with Crippen LogP contribution in [0.25, 0.3) is 10.8 Å². The molecular weight excluding hydrogens is 200 g/mol. The summed E-state index contributed by atoms with van der Waals surface area (Å²) < 4.78 is 0. The number of nitrogens with two attached hydrogens (primary N) is 1. The highest BCUT2D eigenvalue weighted by molar-refractivity contribution is 5.84. The Balaban J connectivity index is 0.000000509. The molecule has 0 spiro atoms. The zero-order chi connectivity index (χ0) is 12.6. The summed E-state index contributed by atoms with van der Waals surface area (Å²) in [4.78, 5) is 13.8. The number of aromatic amines is 1. The van der Waals surface area contributed by atoms with Crippen LogP contribution in [0.4, 0.5) is 5.69 Å². The predicted octanol–water partition coefficient (Wildman–Crippen LogP) is 3.16. The summed E-state index contributed by atoms with van der Waals surface area (Å²) in [5.74, 6) is 0. The minimum Gasteiger partial charge on any atom is -0.399 e. The number of aromatic nitrogens is 1. The normalized spacial score (nSPS) is 8.50. The van der Waals surface area contributed by atoms with Crippen LogP contribution in [0.15, 0.2) is 35.3 Å². The molecule has 16 heavy (non-hydrogen) atoms. The monoisotopic (exact) mass is 220 g/mol. The lowest BCUT2D eigenvalue weighted by atomic mass is 10.1. The molecule has 1 heterocycles. The lowest BCUT2D eigenvalue weighted by Gasteiger charge is -1.96. The van der Waals surface area contributed by atoms with Crippen molar-refractivity contribution in [1.82, 2.24) is 4.98 Å². The van der Waals surface area contributed by atoms with Gasteiger partial charge in [0.25, 0.3) is 5.56 Å². The first kappa shape index (κ1) is 14.2. The molecule has 0 unspecified atom stereocenters. The topological polar surface area (TPSA) is 58.9 Å². The van der Waals surface area contributed by atoms with Gasteiger partial charge in [0.1, 0.15) is 0 Å². The van der Waals surface area contributed by atoms with Crippen molar-refractivity contribution >= 4 is 16.5 Å². The second-order valence-corrected chi connectivity index (χ2v) is 2.65. The first-order chi connectivity index (χ1) is 7.77. The van der Waals surface area contributed by atoms with Gasteiger partial charge in [-0.25, -0.2) is 0 Å². The molecular formula is C13H20N2O. The molecule has 0 aliphatic heterocycles. The third-order valence-electron chi connectivity index (χ3n) is 1.80. The smallest absolute Gasteiger partial charge is 0.255 e. The molecule has 88 valence electrons. The van der Waals surface area contributed by atoms with E-state index in [4.69, 9.17) is 5.73 Å². The molecule has 2 rings (SSSR count). The minimum absolute atomic E-state index is 0.0764. The Morgan fingerprint density at radius 2 is 1.69 bits per heavy atom. The first-order valence-corrected chi connectivity index (χ1v) is 5.64. The Morgan fingerprint density at radius 1 is 1.06 bits per heavy atom. The van der Waals surface area contributed by atoms with E-state index in [9.17, 15) is 4.79 Å². The highest BCUT2D eigenvalue weighted by atomic mass is 16.1. The molecule has 0 aliphatic carbocycles. The van der Waals surface area contributed by atoms with E-state index in [1.54, 1.807) is 24.4 Å². The first-order valence-electron chi connectivity index (χ1n) is 5.64. The summed E-state index contributed by atoms with van der Waals surface area (Å²) in [7, 11) is 0. The SMILES string of the molecule is CC.CC.Nc1ccc2c(=O)[nH]ccc2c1. The summed E-state index contributed by atoms with van der Waals surface area (Å²) >= 11 is 0. The summed E-state index contributed by atoms with van der Waals surface area (Å²) in [6.45, 7) is 8.00. The van der Waals surface area contributed by atoms with Gasteiger partial charge in [-0.2, -0.15) is 0 Å². The van der Waals surface area contributed by atoms with Crippen molar-refractivity contribution in [3.8, 4) is 0 Å². The van der Waals surface area contributed by atoms with E-state index >= 15 is 0 Å². The van der Waals surface area contributed by atoms with Crippen molar-refractivity contribution in [2.24, 2.45) is 0 Å². The van der Waals surface area contributed by atoms with Crippen molar-refractivity contribution in [2.45, 2.75) is 27.7 Å². The fraction of sp³-hybridized carbons (Fsp3) is 0.308. The summed E-state index contributed by atoms with van der Waals surface area (Å²) in [6.07, 6.45) is 1.62. The number of nitrogens with one attached hydrogen (secondary N) is 1. The summed E-state index contributed by atoms with van der Waals surface area (Å²) in [5, 5.41) is 1.55. The van der Waals surface area contributed by atoms with Gasteiger partial charge in [-0.05, 0) is 29.7 Å².